The molecule has 4 fully saturated rings. The molecule has 0 radical (unpaired) electrons. The molecule has 1 spiro atoms. The van der Waals surface area contributed by atoms with Crippen molar-refractivity contribution in [3.05, 3.63) is 106 Å². The monoisotopic (exact) mass is 786 g/mol. The maximum atomic E-state index is 3.06. The van der Waals surface area contributed by atoms with Crippen molar-refractivity contribution in [1.82, 2.24) is 4.90 Å². The Morgan fingerprint density at radius 3 is 2.27 bits per heavy atom. The number of hydrogen-bond donors (Lipinski definition) is 0. The lowest BCUT2D eigenvalue weighted by molar-refractivity contribution is 0.115. The Kier molecular flexibility index (Phi) is 8.78. The summed E-state index contributed by atoms with van der Waals surface area (Å²) in [5.74, 6) is 9.41. The molecule has 0 aromatic rings. The molecule has 0 aliphatic heterocycles. The van der Waals surface area contributed by atoms with E-state index in [4.69, 9.17) is 0 Å². The van der Waals surface area contributed by atoms with E-state index in [2.05, 4.69) is 79.5 Å². The lowest BCUT2D eigenvalue weighted by Crippen LogP contribution is -2.41. The molecule has 0 aromatic carbocycles. The van der Waals surface area contributed by atoms with Gasteiger partial charge in [-0.2, -0.15) is 0 Å². The van der Waals surface area contributed by atoms with Crippen molar-refractivity contribution in [2.45, 2.75) is 168 Å². The first-order valence-electron chi connectivity index (χ1n) is 26.1. The van der Waals surface area contributed by atoms with E-state index < -0.39 is 0 Å². The average molecular weight is 786 g/mol. The predicted octanol–water partition coefficient (Wildman–Crippen LogP) is 15.1. The minimum atomic E-state index is 0.221. The molecular weight excluding hydrogens is 711 g/mol. The Balaban J connectivity index is 0.923. The van der Waals surface area contributed by atoms with Crippen molar-refractivity contribution in [3.8, 4) is 0 Å². The van der Waals surface area contributed by atoms with Gasteiger partial charge in [-0.1, -0.05) is 117 Å². The molecule has 13 aliphatic rings. The van der Waals surface area contributed by atoms with Gasteiger partial charge < -0.3 is 4.90 Å². The van der Waals surface area contributed by atoms with Gasteiger partial charge >= 0.3 is 0 Å². The smallest absolute Gasteiger partial charge is 0.0556 e. The van der Waals surface area contributed by atoms with Crippen LogP contribution in [0.25, 0.3) is 0 Å². The van der Waals surface area contributed by atoms with Crippen LogP contribution in [0.5, 0.6) is 0 Å². The second kappa shape index (κ2) is 14.0. The highest BCUT2D eigenvalue weighted by Gasteiger charge is 2.66. The highest BCUT2D eigenvalue weighted by atomic mass is 15.2. The summed E-state index contributed by atoms with van der Waals surface area (Å²) in [4.78, 5) is 3.02. The summed E-state index contributed by atoms with van der Waals surface area (Å²) in [6, 6.07) is 0.463. The SMILES string of the molecule is CC1(C)C2C=C(N(C3=CCCCC3)C3C=CC4=C(C3)C3C=CCCC3C43C4=CC5C6=C(CCCC6)C6CCC=CC6C5C=C4C4CCCCC43)CCC2C2CCCCC21. The average Bonchev–Trinajstić information content (AvgIpc) is 3.84. The summed E-state index contributed by atoms with van der Waals surface area (Å²) in [5, 5.41) is 0. The van der Waals surface area contributed by atoms with E-state index >= 15 is 0 Å². The van der Waals surface area contributed by atoms with Gasteiger partial charge in [0.05, 0.1) is 6.04 Å². The van der Waals surface area contributed by atoms with Gasteiger partial charge in [0.15, 0.2) is 0 Å². The van der Waals surface area contributed by atoms with Crippen LogP contribution in [0.3, 0.4) is 0 Å². The van der Waals surface area contributed by atoms with E-state index in [0.717, 1.165) is 53.3 Å². The molecule has 1 heteroatoms. The van der Waals surface area contributed by atoms with Crippen LogP contribution in [0.4, 0.5) is 0 Å². The predicted molar refractivity (Wildman–Crippen MR) is 244 cm³/mol. The molecule has 0 saturated heterocycles. The molecule has 1 nitrogen and oxygen atoms in total. The van der Waals surface area contributed by atoms with E-state index in [1.807, 2.05) is 33.4 Å². The van der Waals surface area contributed by atoms with Crippen LogP contribution in [0.2, 0.25) is 0 Å². The van der Waals surface area contributed by atoms with E-state index in [1.165, 1.54) is 148 Å². The number of hydrogen-bond acceptors (Lipinski definition) is 1. The van der Waals surface area contributed by atoms with Crippen molar-refractivity contribution >= 4 is 0 Å². The molecule has 0 heterocycles. The molecular formula is C58H75N. The Morgan fingerprint density at radius 1 is 0.559 bits per heavy atom. The zero-order valence-electron chi connectivity index (χ0n) is 37.0. The van der Waals surface area contributed by atoms with E-state index in [9.17, 15) is 0 Å². The first-order valence-corrected chi connectivity index (χ1v) is 26.1. The fourth-order valence-electron chi connectivity index (χ4n) is 19.0. The highest BCUT2D eigenvalue weighted by molar-refractivity contribution is 5.63. The van der Waals surface area contributed by atoms with Crippen molar-refractivity contribution in [2.24, 2.45) is 81.8 Å². The molecule has 0 aromatic heterocycles. The van der Waals surface area contributed by atoms with Gasteiger partial charge in [0.2, 0.25) is 0 Å². The van der Waals surface area contributed by atoms with Crippen LogP contribution >= 0.6 is 0 Å². The van der Waals surface area contributed by atoms with Crippen LogP contribution in [0, 0.1) is 81.8 Å². The maximum absolute atomic E-state index is 3.06. The third-order valence-corrected chi connectivity index (χ3v) is 21.0. The second-order valence-corrected chi connectivity index (χ2v) is 23.4. The van der Waals surface area contributed by atoms with E-state index in [0.29, 0.717) is 29.2 Å². The van der Waals surface area contributed by atoms with Gasteiger partial charge in [-0.25, -0.2) is 0 Å². The molecule has 4 saturated carbocycles. The second-order valence-electron chi connectivity index (χ2n) is 23.4. The maximum Gasteiger partial charge on any atom is 0.0556 e. The number of nitrogens with zero attached hydrogens (tertiary/aromatic N) is 1. The van der Waals surface area contributed by atoms with Crippen LogP contribution in [0.1, 0.15) is 162 Å². The molecule has 312 valence electrons. The first-order chi connectivity index (χ1) is 29.0. The van der Waals surface area contributed by atoms with Gasteiger partial charge in [0.1, 0.15) is 0 Å². The largest absolute Gasteiger partial charge is 0.342 e. The quantitative estimate of drug-likeness (QED) is 0.258. The topological polar surface area (TPSA) is 3.24 Å². The molecule has 13 aliphatic carbocycles. The van der Waals surface area contributed by atoms with Gasteiger partial charge in [-0.3, -0.25) is 0 Å². The molecule has 0 amide bonds. The van der Waals surface area contributed by atoms with Crippen LogP contribution < -0.4 is 0 Å². The normalized spacial score (nSPS) is 46.0. The Bertz CT molecular complexity index is 2050. The Labute approximate surface area is 358 Å². The fourth-order valence-corrected chi connectivity index (χ4v) is 19.0. The summed E-state index contributed by atoms with van der Waals surface area (Å²) in [7, 11) is 0. The van der Waals surface area contributed by atoms with Gasteiger partial charge in [0, 0.05) is 28.6 Å². The standard InChI is InChI=1S/C58H75N/c1-57(2)51-25-13-10-22-43(51)46-30-28-38(33-55(46)57)59(36-16-4-3-5-17-36)37-29-31-54-49(32-37)44-23-11-14-26-52(44)58(54)53-27-15-12-24-45(53)50-34-47-41-20-8-6-18-39(41)40-19-7-9-21-42(40)48(47)35-56(50)58/h8,11,16,20,23,29,31,33-35,37,39,41,43-48,51-53,55H,3-7,9-10,12-15,17-19,21-22,24-28,30,32H2,1-2H3. The fraction of sp³-hybridized carbons (Fsp3) is 0.690. The summed E-state index contributed by atoms with van der Waals surface area (Å²) < 4.78 is 0. The Morgan fingerprint density at radius 2 is 1.37 bits per heavy atom. The molecule has 0 bridgehead atoms. The van der Waals surface area contributed by atoms with Crippen molar-refractivity contribution < 1.29 is 0 Å². The van der Waals surface area contributed by atoms with E-state index in [1.54, 1.807) is 11.4 Å². The molecule has 13 rings (SSSR count). The molecule has 59 heavy (non-hydrogen) atoms. The zero-order chi connectivity index (χ0) is 39.0. The third kappa shape index (κ3) is 5.21. The molecule has 14 atom stereocenters. The van der Waals surface area contributed by atoms with Gasteiger partial charge in [-0.15, -0.1) is 0 Å². The molecule has 14 unspecified atom stereocenters. The number of fused-ring (bicyclic) bond motifs is 17. The summed E-state index contributed by atoms with van der Waals surface area (Å²) in [6.45, 7) is 5.37. The lowest BCUT2D eigenvalue weighted by atomic mass is 9.54. The highest BCUT2D eigenvalue weighted by Crippen LogP contribution is 2.74. The van der Waals surface area contributed by atoms with Crippen molar-refractivity contribution in [3.63, 3.8) is 0 Å². The zero-order valence-corrected chi connectivity index (χ0v) is 37.0. The summed E-state index contributed by atoms with van der Waals surface area (Å²) in [6.07, 6.45) is 60.0. The van der Waals surface area contributed by atoms with Crippen LogP contribution in [-0.2, 0) is 0 Å². The third-order valence-electron chi connectivity index (χ3n) is 21.0. The van der Waals surface area contributed by atoms with Crippen LogP contribution in [0.15, 0.2) is 106 Å². The lowest BCUT2D eigenvalue weighted by Gasteiger charge is -2.49. The number of allylic oxidation sites excluding steroid dienone is 16. The summed E-state index contributed by atoms with van der Waals surface area (Å²) in [5.41, 5.74) is 15.4. The van der Waals surface area contributed by atoms with Crippen molar-refractivity contribution in [1.29, 1.82) is 0 Å². The van der Waals surface area contributed by atoms with E-state index in [-0.39, 0.29) is 5.41 Å². The van der Waals surface area contributed by atoms with Crippen molar-refractivity contribution in [2.75, 3.05) is 0 Å². The summed E-state index contributed by atoms with van der Waals surface area (Å²) >= 11 is 0. The first kappa shape index (κ1) is 37.1. The molecule has 0 N–H and O–H groups in total. The number of rotatable bonds is 3. The van der Waals surface area contributed by atoms with Gasteiger partial charge in [0.25, 0.3) is 0 Å². The minimum absolute atomic E-state index is 0.221. The minimum Gasteiger partial charge on any atom is -0.342 e. The van der Waals surface area contributed by atoms with Crippen LogP contribution in [-0.4, -0.2) is 10.9 Å². The Hall–Kier alpha value is -2.54. The van der Waals surface area contributed by atoms with Gasteiger partial charge in [-0.05, 0) is 203 Å².